The molecule has 0 saturated heterocycles. The van der Waals surface area contributed by atoms with E-state index in [9.17, 15) is 0 Å². The molecule has 0 radical (unpaired) electrons. The number of nitrogens with two attached hydrogens (primary N) is 1. The summed E-state index contributed by atoms with van der Waals surface area (Å²) in [5, 5.41) is 0. The molecule has 4 atom stereocenters. The lowest BCUT2D eigenvalue weighted by molar-refractivity contribution is 0.272. The van der Waals surface area contributed by atoms with Crippen molar-refractivity contribution in [2.75, 3.05) is 6.61 Å². The third-order valence-corrected chi connectivity index (χ3v) is 5.80. The first-order valence-electron chi connectivity index (χ1n) is 8.31. The molecule has 1 aromatic rings. The molecule has 1 aromatic carbocycles. The van der Waals surface area contributed by atoms with E-state index >= 15 is 0 Å². The summed E-state index contributed by atoms with van der Waals surface area (Å²) in [6.45, 7) is 0.852. The summed E-state index contributed by atoms with van der Waals surface area (Å²) < 4.78 is 5.92. The normalized spacial score (nSPS) is 32.8. The summed E-state index contributed by atoms with van der Waals surface area (Å²) in [5.41, 5.74) is 9.16. The summed E-state index contributed by atoms with van der Waals surface area (Å²) >= 11 is 0. The Labute approximate surface area is 121 Å². The number of hydrogen-bond acceptors (Lipinski definition) is 2. The minimum absolute atomic E-state index is 0.160. The van der Waals surface area contributed by atoms with E-state index in [0.717, 1.165) is 49.4 Å². The molecule has 2 N–H and O–H groups in total. The van der Waals surface area contributed by atoms with Crippen molar-refractivity contribution in [3.05, 3.63) is 29.3 Å². The molecule has 4 rings (SSSR count). The summed E-state index contributed by atoms with van der Waals surface area (Å²) in [4.78, 5) is 0. The summed E-state index contributed by atoms with van der Waals surface area (Å²) in [6, 6.07) is 6.70. The van der Waals surface area contributed by atoms with Crippen molar-refractivity contribution in [2.24, 2.45) is 23.5 Å². The third-order valence-electron chi connectivity index (χ3n) is 5.80. The van der Waals surface area contributed by atoms with Crippen LogP contribution in [0.4, 0.5) is 0 Å². The van der Waals surface area contributed by atoms with Crippen LogP contribution in [0.15, 0.2) is 18.2 Å². The maximum atomic E-state index is 6.55. The van der Waals surface area contributed by atoms with Gasteiger partial charge in [0, 0.05) is 11.6 Å². The van der Waals surface area contributed by atoms with Crippen LogP contribution in [0.2, 0.25) is 0 Å². The van der Waals surface area contributed by atoms with Crippen molar-refractivity contribution in [3.8, 4) is 5.75 Å². The van der Waals surface area contributed by atoms with Gasteiger partial charge >= 0.3 is 0 Å². The molecular formula is C18H25NO. The lowest BCUT2D eigenvalue weighted by atomic mass is 9.82. The average Bonchev–Trinajstić information content (AvgIpc) is 3.09. The number of hydrogen-bond donors (Lipinski definition) is 1. The highest BCUT2D eigenvalue weighted by atomic mass is 16.5. The van der Waals surface area contributed by atoms with Crippen LogP contribution in [-0.4, -0.2) is 6.61 Å². The highest BCUT2D eigenvalue weighted by Gasteiger charge is 2.40. The Kier molecular flexibility index (Phi) is 3.22. The Morgan fingerprint density at radius 1 is 1.25 bits per heavy atom. The van der Waals surface area contributed by atoms with Crippen LogP contribution in [0.3, 0.4) is 0 Å². The highest BCUT2D eigenvalue weighted by molar-refractivity contribution is 5.44. The molecule has 2 nitrogen and oxygen atoms in total. The SMILES string of the molecule is NC(CC1CC2CCC1C2)c1cccc2c1OCCC2. The standard InChI is InChI=1S/C18H25NO/c19-17(11-15-10-12-6-7-14(15)9-12)16-5-1-3-13-4-2-8-20-18(13)16/h1,3,5,12,14-15,17H,2,4,6-11,19H2. The van der Waals surface area contributed by atoms with Gasteiger partial charge in [-0.25, -0.2) is 0 Å². The van der Waals surface area contributed by atoms with Gasteiger partial charge in [-0.2, -0.15) is 0 Å². The lowest BCUT2D eigenvalue weighted by Gasteiger charge is -2.27. The second-order valence-electron chi connectivity index (χ2n) is 7.06. The van der Waals surface area contributed by atoms with Gasteiger partial charge in [-0.05, 0) is 61.8 Å². The van der Waals surface area contributed by atoms with Gasteiger partial charge in [0.15, 0.2) is 0 Å². The maximum Gasteiger partial charge on any atom is 0.127 e. The van der Waals surface area contributed by atoms with Gasteiger partial charge in [0.1, 0.15) is 5.75 Å². The molecule has 2 fully saturated rings. The molecule has 2 aliphatic carbocycles. The molecule has 0 spiro atoms. The fourth-order valence-electron chi connectivity index (χ4n) is 4.82. The first-order chi connectivity index (χ1) is 9.81. The minimum Gasteiger partial charge on any atom is -0.493 e. The smallest absolute Gasteiger partial charge is 0.127 e. The number of ether oxygens (including phenoxy) is 1. The molecule has 2 heteroatoms. The summed E-state index contributed by atoms with van der Waals surface area (Å²) in [7, 11) is 0. The molecule has 20 heavy (non-hydrogen) atoms. The number of rotatable bonds is 3. The van der Waals surface area contributed by atoms with Crippen LogP contribution in [-0.2, 0) is 6.42 Å². The molecule has 108 valence electrons. The van der Waals surface area contributed by atoms with Crippen molar-refractivity contribution in [1.29, 1.82) is 0 Å². The predicted octanol–water partition coefficient (Wildman–Crippen LogP) is 3.84. The fourth-order valence-corrected chi connectivity index (χ4v) is 4.82. The number of benzene rings is 1. The lowest BCUT2D eigenvalue weighted by Crippen LogP contribution is -2.21. The average molecular weight is 271 g/mol. The first kappa shape index (κ1) is 12.7. The Balaban J connectivity index is 1.52. The van der Waals surface area contributed by atoms with E-state index in [1.807, 2.05) is 0 Å². The van der Waals surface area contributed by atoms with Crippen LogP contribution in [0.5, 0.6) is 5.75 Å². The number of fused-ring (bicyclic) bond motifs is 3. The van der Waals surface area contributed by atoms with Crippen LogP contribution in [0.25, 0.3) is 0 Å². The Hall–Kier alpha value is -1.02. The monoisotopic (exact) mass is 271 g/mol. The maximum absolute atomic E-state index is 6.55. The van der Waals surface area contributed by atoms with Gasteiger partial charge in [-0.1, -0.05) is 24.6 Å². The van der Waals surface area contributed by atoms with Crippen molar-refractivity contribution >= 4 is 0 Å². The summed E-state index contributed by atoms with van der Waals surface area (Å²) in [6.07, 6.45) is 9.25. The Bertz CT molecular complexity index is 498. The molecule has 0 amide bonds. The van der Waals surface area contributed by atoms with Gasteiger partial charge in [0.05, 0.1) is 6.61 Å². The van der Waals surface area contributed by atoms with E-state index in [1.165, 1.54) is 36.8 Å². The van der Waals surface area contributed by atoms with Gasteiger partial charge in [0.25, 0.3) is 0 Å². The van der Waals surface area contributed by atoms with Crippen molar-refractivity contribution < 1.29 is 4.74 Å². The second-order valence-corrected chi connectivity index (χ2v) is 7.06. The molecule has 0 aromatic heterocycles. The molecule has 3 aliphatic rings. The van der Waals surface area contributed by atoms with Crippen molar-refractivity contribution in [2.45, 2.75) is 51.0 Å². The summed E-state index contributed by atoms with van der Waals surface area (Å²) in [5.74, 6) is 3.95. The van der Waals surface area contributed by atoms with Gasteiger partial charge in [-0.15, -0.1) is 0 Å². The first-order valence-corrected chi connectivity index (χ1v) is 8.31. The quantitative estimate of drug-likeness (QED) is 0.906. The van der Waals surface area contributed by atoms with Gasteiger partial charge in [0.2, 0.25) is 0 Å². The van der Waals surface area contributed by atoms with E-state index in [-0.39, 0.29) is 6.04 Å². The third kappa shape index (κ3) is 2.14. The second kappa shape index (κ2) is 5.07. The van der Waals surface area contributed by atoms with Crippen LogP contribution in [0.1, 0.15) is 55.7 Å². The van der Waals surface area contributed by atoms with E-state index < -0.39 is 0 Å². The van der Waals surface area contributed by atoms with Gasteiger partial charge < -0.3 is 10.5 Å². The van der Waals surface area contributed by atoms with Gasteiger partial charge in [-0.3, -0.25) is 0 Å². The fraction of sp³-hybridized carbons (Fsp3) is 0.667. The van der Waals surface area contributed by atoms with E-state index in [2.05, 4.69) is 18.2 Å². The van der Waals surface area contributed by atoms with E-state index in [1.54, 1.807) is 0 Å². The van der Waals surface area contributed by atoms with Crippen molar-refractivity contribution in [3.63, 3.8) is 0 Å². The predicted molar refractivity (Wildman–Crippen MR) is 80.7 cm³/mol. The molecule has 2 bridgehead atoms. The van der Waals surface area contributed by atoms with Crippen molar-refractivity contribution in [1.82, 2.24) is 0 Å². The van der Waals surface area contributed by atoms with Crippen LogP contribution < -0.4 is 10.5 Å². The Morgan fingerprint density at radius 3 is 3.00 bits per heavy atom. The molecule has 1 aliphatic heterocycles. The van der Waals surface area contributed by atoms with Crippen LogP contribution in [0, 0.1) is 17.8 Å². The molecular weight excluding hydrogens is 246 g/mol. The zero-order chi connectivity index (χ0) is 13.5. The zero-order valence-electron chi connectivity index (χ0n) is 12.2. The number of para-hydroxylation sites is 1. The largest absolute Gasteiger partial charge is 0.493 e. The van der Waals surface area contributed by atoms with Crippen LogP contribution >= 0.6 is 0 Å². The Morgan fingerprint density at radius 2 is 2.20 bits per heavy atom. The highest BCUT2D eigenvalue weighted by Crippen LogP contribution is 2.51. The molecule has 1 heterocycles. The van der Waals surface area contributed by atoms with E-state index in [0.29, 0.717) is 0 Å². The molecule has 2 saturated carbocycles. The zero-order valence-corrected chi connectivity index (χ0v) is 12.2. The molecule has 4 unspecified atom stereocenters. The minimum atomic E-state index is 0.160. The topological polar surface area (TPSA) is 35.2 Å². The number of aryl methyl sites for hydroxylation is 1. The van der Waals surface area contributed by atoms with E-state index in [4.69, 9.17) is 10.5 Å².